The molecular formula is C35H42ClNO4S. The maximum absolute atomic E-state index is 13.4. The minimum atomic E-state index is -1.05. The maximum atomic E-state index is 13.4. The molecule has 224 valence electrons. The molecule has 42 heavy (non-hydrogen) atoms. The smallest absolute Gasteiger partial charge is 0.326 e. The molecule has 1 fully saturated rings. The summed E-state index contributed by atoms with van der Waals surface area (Å²) in [6, 6.07) is 20.4. The van der Waals surface area contributed by atoms with Gasteiger partial charge in [0.2, 0.25) is 0 Å². The van der Waals surface area contributed by atoms with Crippen molar-refractivity contribution in [2.45, 2.75) is 76.4 Å². The van der Waals surface area contributed by atoms with E-state index >= 15 is 0 Å². The molecule has 7 heteroatoms. The van der Waals surface area contributed by atoms with Gasteiger partial charge in [-0.15, -0.1) is 0 Å². The molecule has 3 aromatic carbocycles. The van der Waals surface area contributed by atoms with Gasteiger partial charge >= 0.3 is 5.97 Å². The van der Waals surface area contributed by atoms with E-state index in [2.05, 4.69) is 17.4 Å². The lowest BCUT2D eigenvalue weighted by molar-refractivity contribution is -0.139. The van der Waals surface area contributed by atoms with Crippen LogP contribution in [0, 0.1) is 12.8 Å². The number of hydrogen-bond acceptors (Lipinski definition) is 4. The van der Waals surface area contributed by atoms with Gasteiger partial charge in [0.25, 0.3) is 5.91 Å². The van der Waals surface area contributed by atoms with Gasteiger partial charge < -0.3 is 15.5 Å². The van der Waals surface area contributed by atoms with Gasteiger partial charge in [0, 0.05) is 10.6 Å². The normalized spacial score (nSPS) is 16.0. The quantitative estimate of drug-likeness (QED) is 0.181. The molecule has 4 rings (SSSR count). The molecule has 1 aliphatic carbocycles. The van der Waals surface area contributed by atoms with Crippen LogP contribution in [0.2, 0.25) is 5.02 Å². The topological polar surface area (TPSA) is 86.6 Å². The number of carbonyl (C=O) groups excluding carboxylic acids is 1. The van der Waals surface area contributed by atoms with Crippen LogP contribution in [-0.2, 0) is 4.79 Å². The number of aliphatic hydroxyl groups is 1. The molecule has 3 aromatic rings. The van der Waals surface area contributed by atoms with Crippen LogP contribution in [-0.4, -0.2) is 40.1 Å². The highest BCUT2D eigenvalue weighted by atomic mass is 35.5. The first kappa shape index (κ1) is 32.1. The second kappa shape index (κ2) is 15.6. The number of amides is 1. The van der Waals surface area contributed by atoms with Crippen molar-refractivity contribution in [1.82, 2.24) is 5.32 Å². The molecule has 0 aliphatic heterocycles. The van der Waals surface area contributed by atoms with E-state index < -0.39 is 24.0 Å². The van der Waals surface area contributed by atoms with E-state index in [0.717, 1.165) is 28.1 Å². The Morgan fingerprint density at radius 3 is 2.38 bits per heavy atom. The van der Waals surface area contributed by atoms with Crippen molar-refractivity contribution in [2.24, 2.45) is 5.92 Å². The van der Waals surface area contributed by atoms with Gasteiger partial charge in [-0.2, -0.15) is 11.8 Å². The van der Waals surface area contributed by atoms with E-state index in [1.165, 1.54) is 37.7 Å². The van der Waals surface area contributed by atoms with Gasteiger partial charge in [0.15, 0.2) is 0 Å². The number of aryl methyl sites for hydroxylation is 1. The van der Waals surface area contributed by atoms with Crippen LogP contribution in [0.15, 0.2) is 66.7 Å². The molecular weight excluding hydrogens is 566 g/mol. The summed E-state index contributed by atoms with van der Waals surface area (Å²) in [4.78, 5) is 25.3. The maximum Gasteiger partial charge on any atom is 0.326 e. The molecule has 0 bridgehead atoms. The molecule has 5 nitrogen and oxygen atoms in total. The van der Waals surface area contributed by atoms with Crippen molar-refractivity contribution in [2.75, 3.05) is 12.0 Å². The van der Waals surface area contributed by atoms with Crippen LogP contribution in [0.25, 0.3) is 11.1 Å². The summed E-state index contributed by atoms with van der Waals surface area (Å²) >= 11 is 7.92. The van der Waals surface area contributed by atoms with E-state index in [0.29, 0.717) is 41.6 Å². The van der Waals surface area contributed by atoms with E-state index in [9.17, 15) is 19.8 Å². The van der Waals surface area contributed by atoms with Crippen molar-refractivity contribution in [3.8, 4) is 11.1 Å². The van der Waals surface area contributed by atoms with Gasteiger partial charge in [-0.3, -0.25) is 4.79 Å². The van der Waals surface area contributed by atoms with E-state index in [-0.39, 0.29) is 0 Å². The fraction of sp³-hybridized carbons (Fsp3) is 0.429. The van der Waals surface area contributed by atoms with Gasteiger partial charge in [0.1, 0.15) is 6.04 Å². The minimum Gasteiger partial charge on any atom is -0.480 e. The van der Waals surface area contributed by atoms with Gasteiger partial charge in [0.05, 0.1) is 6.10 Å². The second-order valence-corrected chi connectivity index (χ2v) is 12.8. The third-order valence-corrected chi connectivity index (χ3v) is 9.45. The summed E-state index contributed by atoms with van der Waals surface area (Å²) in [6.45, 7) is 1.98. The number of rotatable bonds is 13. The molecule has 0 spiro atoms. The Kier molecular flexibility index (Phi) is 11.9. The van der Waals surface area contributed by atoms with Crippen molar-refractivity contribution >= 4 is 35.2 Å². The highest BCUT2D eigenvalue weighted by Crippen LogP contribution is 2.41. The number of benzene rings is 3. The number of hydrogen-bond donors (Lipinski definition) is 3. The summed E-state index contributed by atoms with van der Waals surface area (Å²) < 4.78 is 0. The van der Waals surface area contributed by atoms with Crippen molar-refractivity contribution in [1.29, 1.82) is 0 Å². The first-order chi connectivity index (χ1) is 20.3. The van der Waals surface area contributed by atoms with Gasteiger partial charge in [-0.1, -0.05) is 73.3 Å². The number of carbonyl (C=O) groups is 2. The summed E-state index contributed by atoms with van der Waals surface area (Å²) in [5.41, 5.74) is 4.95. The molecule has 1 saturated carbocycles. The van der Waals surface area contributed by atoms with Gasteiger partial charge in [-0.25, -0.2) is 4.79 Å². The number of carboxylic acids is 1. The predicted octanol–water partition coefficient (Wildman–Crippen LogP) is 8.43. The number of aliphatic carboxylic acids is 1. The molecule has 2 unspecified atom stereocenters. The Morgan fingerprint density at radius 1 is 0.929 bits per heavy atom. The fourth-order valence-corrected chi connectivity index (χ4v) is 6.92. The number of aliphatic hydroxyl groups excluding tert-OH is 1. The largest absolute Gasteiger partial charge is 0.480 e. The average Bonchev–Trinajstić information content (AvgIpc) is 2.99. The standard InChI is InChI=1S/C35H42ClNO4S/c1-23-9-6-7-14-28(23)31-22-26(15-16-30(31)34(39)37-32(35(40)41)19-20-42-2)33(38)18-17-29(24-10-4-3-5-11-24)25-12-8-13-27(36)21-25/h6-9,12-16,21-22,24,29,32-33,38H,3-5,10-11,17-20H2,1-2H3,(H,37,39)(H,40,41)/t29?,32-,33?/m0/s1. The molecule has 3 atom stereocenters. The molecule has 0 aromatic heterocycles. The minimum absolute atomic E-state index is 0.328. The zero-order chi connectivity index (χ0) is 30.1. The molecule has 0 radical (unpaired) electrons. The zero-order valence-electron chi connectivity index (χ0n) is 24.5. The molecule has 3 N–H and O–H groups in total. The number of nitrogens with one attached hydrogen (secondary N) is 1. The Morgan fingerprint density at radius 2 is 1.69 bits per heavy atom. The lowest BCUT2D eigenvalue weighted by Gasteiger charge is -2.31. The van der Waals surface area contributed by atoms with Crippen molar-refractivity contribution in [3.05, 3.63) is 94.0 Å². The van der Waals surface area contributed by atoms with Crippen LogP contribution >= 0.6 is 23.4 Å². The summed E-state index contributed by atoms with van der Waals surface area (Å²) in [5, 5.41) is 24.6. The number of thioether (sulfide) groups is 1. The lowest BCUT2D eigenvalue weighted by atomic mass is 9.74. The van der Waals surface area contributed by atoms with Crippen LogP contribution in [0.3, 0.4) is 0 Å². The molecule has 1 amide bonds. The average molecular weight is 608 g/mol. The second-order valence-electron chi connectivity index (χ2n) is 11.4. The van der Waals surface area contributed by atoms with E-state index in [1.54, 1.807) is 23.9 Å². The highest BCUT2D eigenvalue weighted by molar-refractivity contribution is 7.98. The number of halogens is 1. The summed E-state index contributed by atoms with van der Waals surface area (Å²) in [5.74, 6) is 0.0552. The summed E-state index contributed by atoms with van der Waals surface area (Å²) in [7, 11) is 0. The molecule has 0 heterocycles. The van der Waals surface area contributed by atoms with Crippen LogP contribution in [0.5, 0.6) is 0 Å². The number of carboxylic acid groups (broad SMARTS) is 1. The third-order valence-electron chi connectivity index (χ3n) is 8.57. The lowest BCUT2D eigenvalue weighted by Crippen LogP contribution is -2.41. The van der Waals surface area contributed by atoms with Crippen molar-refractivity contribution < 1.29 is 19.8 Å². The fourth-order valence-electron chi connectivity index (χ4n) is 6.25. The van der Waals surface area contributed by atoms with E-state index in [1.807, 2.05) is 55.6 Å². The zero-order valence-corrected chi connectivity index (χ0v) is 26.1. The van der Waals surface area contributed by atoms with Crippen LogP contribution in [0.1, 0.15) is 90.4 Å². The highest BCUT2D eigenvalue weighted by Gasteiger charge is 2.27. The molecule has 1 aliphatic rings. The first-order valence-electron chi connectivity index (χ1n) is 14.9. The van der Waals surface area contributed by atoms with E-state index in [4.69, 9.17) is 11.6 Å². The SMILES string of the molecule is CSCC[C@H](NC(=O)c1ccc(C(O)CCC(c2cccc(Cl)c2)C2CCCCC2)cc1-c1ccccc1C)C(=O)O. The Bertz CT molecular complexity index is 1360. The third kappa shape index (κ3) is 8.40. The monoisotopic (exact) mass is 607 g/mol. The Hall–Kier alpha value is -2.80. The van der Waals surface area contributed by atoms with Gasteiger partial charge in [-0.05, 0) is 115 Å². The Labute approximate surface area is 259 Å². The van der Waals surface area contributed by atoms with Crippen molar-refractivity contribution in [3.63, 3.8) is 0 Å². The van der Waals surface area contributed by atoms with Crippen LogP contribution in [0.4, 0.5) is 0 Å². The Balaban J connectivity index is 1.60. The summed E-state index contributed by atoms with van der Waals surface area (Å²) in [6.07, 6.45) is 9.14. The molecule has 0 saturated heterocycles. The first-order valence-corrected chi connectivity index (χ1v) is 16.7. The predicted molar refractivity (Wildman–Crippen MR) is 173 cm³/mol. The van der Waals surface area contributed by atoms with Crippen LogP contribution < -0.4 is 5.32 Å².